The molecule has 0 bridgehead atoms. The number of carbonyl (C=O) groups excluding carboxylic acids is 1. The lowest BCUT2D eigenvalue weighted by atomic mass is 10.0. The molecule has 0 aliphatic rings. The molecule has 0 aromatic heterocycles. The van der Waals surface area contributed by atoms with Crippen LogP contribution in [-0.2, 0) is 4.79 Å². The Morgan fingerprint density at radius 2 is 1.73 bits per heavy atom. The average Bonchev–Trinajstić information content (AvgIpc) is 2.66. The minimum absolute atomic E-state index is 0.0512. The van der Waals surface area contributed by atoms with Crippen molar-refractivity contribution in [1.82, 2.24) is 5.32 Å². The molecule has 140 valence electrons. The molecular formula is C22H29NO3. The van der Waals surface area contributed by atoms with E-state index in [-0.39, 0.29) is 11.9 Å². The van der Waals surface area contributed by atoms with Crippen molar-refractivity contribution >= 4 is 5.91 Å². The zero-order valence-corrected chi connectivity index (χ0v) is 16.3. The topological polar surface area (TPSA) is 47.6 Å². The van der Waals surface area contributed by atoms with Crippen LogP contribution in [0, 0.1) is 13.8 Å². The van der Waals surface area contributed by atoms with E-state index >= 15 is 0 Å². The van der Waals surface area contributed by atoms with Gasteiger partial charge in [-0.2, -0.15) is 0 Å². The SMILES string of the molecule is CC[C@@H](Oc1cc(C)ccc1C)C(=O)N[C@H](CC)c1ccc(OC)cc1. The Balaban J connectivity index is 2.09. The summed E-state index contributed by atoms with van der Waals surface area (Å²) in [5, 5.41) is 3.12. The number of rotatable bonds is 8. The molecule has 2 rings (SSSR count). The van der Waals surface area contributed by atoms with Gasteiger partial charge in [-0.15, -0.1) is 0 Å². The van der Waals surface area contributed by atoms with Crippen molar-refractivity contribution < 1.29 is 14.3 Å². The number of hydrogen-bond donors (Lipinski definition) is 1. The quantitative estimate of drug-likeness (QED) is 0.744. The van der Waals surface area contributed by atoms with Crippen molar-refractivity contribution in [2.24, 2.45) is 0 Å². The van der Waals surface area contributed by atoms with E-state index in [9.17, 15) is 4.79 Å². The van der Waals surface area contributed by atoms with E-state index in [0.717, 1.165) is 34.6 Å². The maximum atomic E-state index is 12.8. The van der Waals surface area contributed by atoms with E-state index in [1.165, 1.54) is 0 Å². The lowest BCUT2D eigenvalue weighted by molar-refractivity contribution is -0.129. The summed E-state index contributed by atoms with van der Waals surface area (Å²) in [7, 11) is 1.64. The van der Waals surface area contributed by atoms with Crippen LogP contribution < -0.4 is 14.8 Å². The maximum Gasteiger partial charge on any atom is 0.261 e. The minimum atomic E-state index is -0.511. The molecule has 4 heteroatoms. The second-order valence-electron chi connectivity index (χ2n) is 6.53. The fraction of sp³-hybridized carbons (Fsp3) is 0.409. The Hall–Kier alpha value is -2.49. The summed E-state index contributed by atoms with van der Waals surface area (Å²) in [4.78, 5) is 12.8. The number of nitrogens with one attached hydrogen (secondary N) is 1. The second kappa shape index (κ2) is 9.27. The predicted octanol–water partition coefficient (Wildman–Crippen LogP) is 4.74. The third kappa shape index (κ3) is 5.01. The van der Waals surface area contributed by atoms with Gasteiger partial charge in [-0.05, 0) is 61.6 Å². The molecule has 1 amide bonds. The van der Waals surface area contributed by atoms with Crippen LogP contribution in [0.3, 0.4) is 0 Å². The second-order valence-corrected chi connectivity index (χ2v) is 6.53. The zero-order chi connectivity index (χ0) is 19.1. The Kier molecular flexibility index (Phi) is 7.07. The number of amides is 1. The van der Waals surface area contributed by atoms with E-state index in [0.29, 0.717) is 6.42 Å². The Morgan fingerprint density at radius 1 is 1.04 bits per heavy atom. The van der Waals surface area contributed by atoms with Crippen molar-refractivity contribution in [3.8, 4) is 11.5 Å². The van der Waals surface area contributed by atoms with E-state index < -0.39 is 6.10 Å². The van der Waals surface area contributed by atoms with Crippen molar-refractivity contribution in [3.05, 3.63) is 59.2 Å². The van der Waals surface area contributed by atoms with Crippen molar-refractivity contribution in [1.29, 1.82) is 0 Å². The van der Waals surface area contributed by atoms with Gasteiger partial charge in [0.15, 0.2) is 6.10 Å². The van der Waals surface area contributed by atoms with Gasteiger partial charge in [-0.3, -0.25) is 4.79 Å². The monoisotopic (exact) mass is 355 g/mol. The highest BCUT2D eigenvalue weighted by molar-refractivity contribution is 5.81. The molecule has 1 N–H and O–H groups in total. The molecule has 0 radical (unpaired) electrons. The summed E-state index contributed by atoms with van der Waals surface area (Å²) >= 11 is 0. The van der Waals surface area contributed by atoms with E-state index in [2.05, 4.69) is 12.2 Å². The van der Waals surface area contributed by atoms with Gasteiger partial charge in [0.25, 0.3) is 5.91 Å². The first-order chi connectivity index (χ1) is 12.5. The molecule has 0 saturated carbocycles. The fourth-order valence-corrected chi connectivity index (χ4v) is 2.83. The lowest BCUT2D eigenvalue weighted by Gasteiger charge is -2.23. The van der Waals surface area contributed by atoms with Crippen LogP contribution in [0.1, 0.15) is 49.4 Å². The van der Waals surface area contributed by atoms with Crippen LogP contribution in [0.5, 0.6) is 11.5 Å². The first kappa shape index (κ1) is 19.8. The smallest absolute Gasteiger partial charge is 0.261 e. The van der Waals surface area contributed by atoms with Crippen LogP contribution >= 0.6 is 0 Å². The van der Waals surface area contributed by atoms with Crippen LogP contribution in [0.4, 0.5) is 0 Å². The summed E-state index contributed by atoms with van der Waals surface area (Å²) in [5.41, 5.74) is 3.21. The van der Waals surface area contributed by atoms with E-state index in [4.69, 9.17) is 9.47 Å². The molecule has 0 unspecified atom stereocenters. The van der Waals surface area contributed by atoms with Crippen LogP contribution in [0.2, 0.25) is 0 Å². The highest BCUT2D eigenvalue weighted by atomic mass is 16.5. The number of ether oxygens (including phenoxy) is 2. The third-order valence-corrected chi connectivity index (χ3v) is 4.52. The summed E-state index contributed by atoms with van der Waals surface area (Å²) in [6.07, 6.45) is 0.902. The maximum absolute atomic E-state index is 12.8. The van der Waals surface area contributed by atoms with Crippen LogP contribution in [0.25, 0.3) is 0 Å². The first-order valence-corrected chi connectivity index (χ1v) is 9.16. The van der Waals surface area contributed by atoms with Crippen molar-refractivity contribution in [2.45, 2.75) is 52.7 Å². The molecule has 0 heterocycles. The summed E-state index contributed by atoms with van der Waals surface area (Å²) in [5.74, 6) is 1.49. The molecule has 2 aromatic carbocycles. The van der Waals surface area contributed by atoms with Gasteiger partial charge in [0.05, 0.1) is 13.2 Å². The molecule has 4 nitrogen and oxygen atoms in total. The summed E-state index contributed by atoms with van der Waals surface area (Å²) < 4.78 is 11.2. The number of hydrogen-bond acceptors (Lipinski definition) is 3. The highest BCUT2D eigenvalue weighted by Gasteiger charge is 2.22. The average molecular weight is 355 g/mol. The molecule has 2 aromatic rings. The van der Waals surface area contributed by atoms with Gasteiger partial charge in [0.2, 0.25) is 0 Å². The number of methoxy groups -OCH3 is 1. The largest absolute Gasteiger partial charge is 0.497 e. The van der Waals surface area contributed by atoms with E-state index in [1.54, 1.807) is 7.11 Å². The molecule has 0 aliphatic heterocycles. The highest BCUT2D eigenvalue weighted by Crippen LogP contribution is 2.23. The van der Waals surface area contributed by atoms with Gasteiger partial charge >= 0.3 is 0 Å². The fourth-order valence-electron chi connectivity index (χ4n) is 2.83. The van der Waals surface area contributed by atoms with E-state index in [1.807, 2.05) is 63.2 Å². The Labute approximate surface area is 156 Å². The molecule has 0 aliphatic carbocycles. The van der Waals surface area contributed by atoms with Gasteiger partial charge in [-0.25, -0.2) is 0 Å². The van der Waals surface area contributed by atoms with Gasteiger partial charge in [-0.1, -0.05) is 38.1 Å². The van der Waals surface area contributed by atoms with Crippen molar-refractivity contribution in [3.63, 3.8) is 0 Å². The zero-order valence-electron chi connectivity index (χ0n) is 16.3. The number of carbonyl (C=O) groups is 1. The summed E-state index contributed by atoms with van der Waals surface area (Å²) in [6, 6.07) is 13.8. The Bertz CT molecular complexity index is 725. The first-order valence-electron chi connectivity index (χ1n) is 9.16. The van der Waals surface area contributed by atoms with Gasteiger partial charge < -0.3 is 14.8 Å². The lowest BCUT2D eigenvalue weighted by Crippen LogP contribution is -2.40. The number of benzene rings is 2. The normalized spacial score (nSPS) is 13.0. The standard InChI is InChI=1S/C22H29NO3/c1-6-19(17-10-12-18(25-5)13-11-17)23-22(24)20(7-2)26-21-14-15(3)8-9-16(21)4/h8-14,19-20H,6-7H2,1-5H3,(H,23,24)/t19-,20-/m1/s1. The third-order valence-electron chi connectivity index (χ3n) is 4.52. The number of aryl methyl sites for hydroxylation is 2. The van der Waals surface area contributed by atoms with Crippen LogP contribution in [0.15, 0.2) is 42.5 Å². The van der Waals surface area contributed by atoms with Gasteiger partial charge in [0, 0.05) is 0 Å². The molecule has 0 fully saturated rings. The molecule has 26 heavy (non-hydrogen) atoms. The summed E-state index contributed by atoms with van der Waals surface area (Å²) in [6.45, 7) is 8.03. The van der Waals surface area contributed by atoms with Crippen molar-refractivity contribution in [2.75, 3.05) is 7.11 Å². The molecular weight excluding hydrogens is 326 g/mol. The molecule has 0 saturated heterocycles. The Morgan fingerprint density at radius 3 is 2.31 bits per heavy atom. The van der Waals surface area contributed by atoms with Crippen LogP contribution in [-0.4, -0.2) is 19.1 Å². The van der Waals surface area contributed by atoms with Gasteiger partial charge in [0.1, 0.15) is 11.5 Å². The minimum Gasteiger partial charge on any atom is -0.497 e. The molecule has 2 atom stereocenters. The predicted molar refractivity (Wildman–Crippen MR) is 105 cm³/mol. The molecule has 0 spiro atoms.